The number of para-hydroxylation sites is 1. The molecule has 0 N–H and O–H groups in total. The van der Waals surface area contributed by atoms with Crippen LogP contribution in [0.25, 0.3) is 10.9 Å². The highest BCUT2D eigenvalue weighted by atomic mass is 35.5. The van der Waals surface area contributed by atoms with Crippen LogP contribution in [-0.2, 0) is 17.8 Å². The third-order valence-corrected chi connectivity index (χ3v) is 7.32. The quantitative estimate of drug-likeness (QED) is 0.267. The summed E-state index contributed by atoms with van der Waals surface area (Å²) in [6, 6.07) is 19.4. The van der Waals surface area contributed by atoms with Gasteiger partial charge in [0.25, 0.3) is 11.8 Å². The number of aryl methyl sites for hydroxylation is 1. The summed E-state index contributed by atoms with van der Waals surface area (Å²) in [7, 11) is 1.53. The number of ether oxygens (including phenoxy) is 1. The Balaban J connectivity index is 1.36. The van der Waals surface area contributed by atoms with Gasteiger partial charge in [0.05, 0.1) is 21.8 Å². The molecule has 1 aliphatic rings. The fourth-order valence-electron chi connectivity index (χ4n) is 4.36. The molecule has 0 aliphatic carbocycles. The minimum Gasteiger partial charge on any atom is -0.487 e. The number of pyridine rings is 1. The number of amides is 3. The Bertz CT molecular complexity index is 1570. The third kappa shape index (κ3) is 4.59. The van der Waals surface area contributed by atoms with Crippen LogP contribution in [0.15, 0.2) is 66.7 Å². The molecule has 0 radical (unpaired) electrons. The fraction of sp³-hybridized carbons (Fsp3) is 0.172. The average molecular weight is 548 g/mol. The van der Waals surface area contributed by atoms with Crippen LogP contribution in [0.1, 0.15) is 38.9 Å². The molecular weight excluding hydrogens is 525 g/mol. The van der Waals surface area contributed by atoms with Gasteiger partial charge in [-0.15, -0.1) is 0 Å². The SMILES string of the molecule is CCc1ccc2cccc(OCc3c(Cl)ccc(N(C)C(=O)CN4C(=O)c5ccccc5C4=O)c3Cl)c2n1. The van der Waals surface area contributed by atoms with Crippen molar-refractivity contribution in [3.05, 3.63) is 99.2 Å². The standard InChI is InChI=1S/C29H23Cl2N3O4/c1-3-18-12-11-17-7-6-10-24(27(17)32-18)38-16-21-22(30)13-14-23(26(21)31)33(2)25(35)15-34-28(36)19-8-4-5-9-20(19)29(34)37/h4-14H,3,15-16H2,1-2H3. The number of aromatic nitrogens is 1. The van der Waals surface area contributed by atoms with Gasteiger partial charge in [-0.2, -0.15) is 0 Å². The van der Waals surface area contributed by atoms with Gasteiger partial charge in [0, 0.05) is 28.7 Å². The van der Waals surface area contributed by atoms with Gasteiger partial charge in [-0.25, -0.2) is 4.98 Å². The minimum absolute atomic E-state index is 0.0447. The zero-order valence-electron chi connectivity index (χ0n) is 20.7. The Morgan fingerprint density at radius 2 is 1.66 bits per heavy atom. The van der Waals surface area contributed by atoms with Crippen LogP contribution in [-0.4, -0.2) is 41.2 Å². The molecule has 0 bridgehead atoms. The highest BCUT2D eigenvalue weighted by molar-refractivity contribution is 6.38. The minimum atomic E-state index is -0.501. The van der Waals surface area contributed by atoms with Gasteiger partial charge >= 0.3 is 0 Å². The molecule has 4 aromatic rings. The Hall–Kier alpha value is -3.94. The molecular formula is C29H23Cl2N3O4. The number of hydrogen-bond donors (Lipinski definition) is 0. The highest BCUT2D eigenvalue weighted by Gasteiger charge is 2.37. The van der Waals surface area contributed by atoms with Crippen LogP contribution >= 0.6 is 23.2 Å². The average Bonchev–Trinajstić information content (AvgIpc) is 3.17. The number of halogens is 2. The molecule has 0 saturated carbocycles. The van der Waals surface area contributed by atoms with E-state index < -0.39 is 24.3 Å². The first-order valence-corrected chi connectivity index (χ1v) is 12.8. The van der Waals surface area contributed by atoms with Crippen molar-refractivity contribution in [2.24, 2.45) is 0 Å². The van der Waals surface area contributed by atoms with Crippen LogP contribution in [0, 0.1) is 0 Å². The lowest BCUT2D eigenvalue weighted by Crippen LogP contribution is -2.41. The van der Waals surface area contributed by atoms with E-state index in [0.29, 0.717) is 22.0 Å². The second-order valence-electron chi connectivity index (χ2n) is 8.83. The Kier molecular flexibility index (Phi) is 7.06. The first-order chi connectivity index (χ1) is 18.3. The van der Waals surface area contributed by atoms with Crippen molar-refractivity contribution in [1.82, 2.24) is 9.88 Å². The number of anilines is 1. The monoisotopic (exact) mass is 547 g/mol. The second-order valence-corrected chi connectivity index (χ2v) is 9.61. The van der Waals surface area contributed by atoms with Gasteiger partial charge in [-0.05, 0) is 42.8 Å². The summed E-state index contributed by atoms with van der Waals surface area (Å²) in [4.78, 5) is 45.4. The molecule has 9 heteroatoms. The maximum atomic E-state index is 13.1. The van der Waals surface area contributed by atoms with Crippen LogP contribution in [0.5, 0.6) is 5.75 Å². The Morgan fingerprint density at radius 1 is 0.947 bits per heavy atom. The molecule has 192 valence electrons. The third-order valence-electron chi connectivity index (χ3n) is 6.55. The van der Waals surface area contributed by atoms with Crippen LogP contribution in [0.2, 0.25) is 10.0 Å². The fourth-order valence-corrected chi connectivity index (χ4v) is 4.97. The second kappa shape index (κ2) is 10.4. The van der Waals surface area contributed by atoms with Gasteiger partial charge < -0.3 is 9.64 Å². The van der Waals surface area contributed by atoms with Crippen LogP contribution in [0.3, 0.4) is 0 Å². The van der Waals surface area contributed by atoms with Gasteiger partial charge in [-0.1, -0.05) is 60.5 Å². The first kappa shape index (κ1) is 25.7. The predicted octanol–water partition coefficient (Wildman–Crippen LogP) is 5.94. The van der Waals surface area contributed by atoms with Gasteiger partial charge in [-0.3, -0.25) is 19.3 Å². The Morgan fingerprint density at radius 3 is 2.34 bits per heavy atom. The summed E-state index contributed by atoms with van der Waals surface area (Å²) in [5.74, 6) is -0.900. The highest BCUT2D eigenvalue weighted by Crippen LogP contribution is 2.35. The zero-order valence-corrected chi connectivity index (χ0v) is 22.2. The number of rotatable bonds is 7. The maximum Gasteiger partial charge on any atom is 0.262 e. The summed E-state index contributed by atoms with van der Waals surface area (Å²) in [6.45, 7) is 1.66. The lowest BCUT2D eigenvalue weighted by Gasteiger charge is -2.23. The summed E-state index contributed by atoms with van der Waals surface area (Å²) < 4.78 is 6.10. The number of likely N-dealkylation sites (N-methyl/N-ethyl adjacent to an activating group) is 1. The van der Waals surface area contributed by atoms with Crippen molar-refractivity contribution in [2.75, 3.05) is 18.5 Å². The molecule has 0 unspecified atom stereocenters. The maximum absolute atomic E-state index is 13.1. The topological polar surface area (TPSA) is 79.8 Å². The number of carbonyl (C=O) groups is 3. The largest absolute Gasteiger partial charge is 0.487 e. The van der Waals surface area contributed by atoms with Crippen molar-refractivity contribution >= 4 is 57.5 Å². The van der Waals surface area contributed by atoms with E-state index in [4.69, 9.17) is 32.9 Å². The van der Waals surface area contributed by atoms with Crippen LogP contribution < -0.4 is 9.64 Å². The van der Waals surface area contributed by atoms with E-state index in [1.807, 2.05) is 37.3 Å². The molecule has 3 aromatic carbocycles. The molecule has 2 heterocycles. The number of benzene rings is 3. The smallest absolute Gasteiger partial charge is 0.262 e. The molecule has 0 atom stereocenters. The van der Waals surface area contributed by atoms with E-state index >= 15 is 0 Å². The summed E-state index contributed by atoms with van der Waals surface area (Å²) in [5, 5.41) is 1.56. The molecule has 3 amide bonds. The Labute approximate surface area is 229 Å². The van der Waals surface area contributed by atoms with Crippen molar-refractivity contribution in [3.63, 3.8) is 0 Å². The summed E-state index contributed by atoms with van der Waals surface area (Å²) >= 11 is 13.2. The molecule has 0 saturated heterocycles. The number of carbonyl (C=O) groups excluding carboxylic acids is 3. The van der Waals surface area contributed by atoms with E-state index in [-0.39, 0.29) is 22.8 Å². The van der Waals surface area contributed by atoms with E-state index in [1.165, 1.54) is 11.9 Å². The van der Waals surface area contributed by atoms with Crippen molar-refractivity contribution in [3.8, 4) is 5.75 Å². The van der Waals surface area contributed by atoms with Gasteiger partial charge in [0.15, 0.2) is 0 Å². The predicted molar refractivity (Wildman–Crippen MR) is 147 cm³/mol. The van der Waals surface area contributed by atoms with Crippen LogP contribution in [0.4, 0.5) is 5.69 Å². The van der Waals surface area contributed by atoms with Crippen molar-refractivity contribution in [1.29, 1.82) is 0 Å². The number of imide groups is 1. The zero-order chi connectivity index (χ0) is 27.0. The molecule has 5 rings (SSSR count). The lowest BCUT2D eigenvalue weighted by molar-refractivity contribution is -0.118. The van der Waals surface area contributed by atoms with E-state index in [0.717, 1.165) is 27.9 Å². The molecule has 0 fully saturated rings. The normalized spacial score (nSPS) is 12.7. The number of fused-ring (bicyclic) bond motifs is 2. The summed E-state index contributed by atoms with van der Waals surface area (Å²) in [5.41, 5.74) is 3.13. The molecule has 38 heavy (non-hydrogen) atoms. The first-order valence-electron chi connectivity index (χ1n) is 12.0. The molecule has 1 aromatic heterocycles. The number of nitrogens with zero attached hydrogens (tertiary/aromatic N) is 3. The summed E-state index contributed by atoms with van der Waals surface area (Å²) in [6.07, 6.45) is 0.797. The molecule has 0 spiro atoms. The lowest BCUT2D eigenvalue weighted by atomic mass is 10.1. The van der Waals surface area contributed by atoms with E-state index in [2.05, 4.69) is 0 Å². The van der Waals surface area contributed by atoms with Gasteiger partial charge in [0.2, 0.25) is 5.91 Å². The molecule has 7 nitrogen and oxygen atoms in total. The number of hydrogen-bond acceptors (Lipinski definition) is 5. The molecule has 1 aliphatic heterocycles. The van der Waals surface area contributed by atoms with Gasteiger partial charge in [0.1, 0.15) is 24.4 Å². The van der Waals surface area contributed by atoms with E-state index in [9.17, 15) is 14.4 Å². The van der Waals surface area contributed by atoms with Crippen molar-refractivity contribution in [2.45, 2.75) is 20.0 Å². The van der Waals surface area contributed by atoms with E-state index in [1.54, 1.807) is 36.4 Å². The van der Waals surface area contributed by atoms with Crippen molar-refractivity contribution < 1.29 is 19.1 Å².